The van der Waals surface area contributed by atoms with Crippen molar-refractivity contribution in [2.24, 2.45) is 5.73 Å². The van der Waals surface area contributed by atoms with Crippen molar-refractivity contribution in [1.29, 1.82) is 0 Å². The third kappa shape index (κ3) is 2.32. The first-order valence-corrected chi connectivity index (χ1v) is 6.53. The van der Waals surface area contributed by atoms with Gasteiger partial charge in [0.25, 0.3) is 0 Å². The number of benzene rings is 1. The van der Waals surface area contributed by atoms with Crippen LogP contribution in [-0.2, 0) is 21.4 Å². The van der Waals surface area contributed by atoms with Crippen LogP contribution >= 0.6 is 0 Å². The van der Waals surface area contributed by atoms with Crippen molar-refractivity contribution in [2.75, 3.05) is 14.2 Å². The van der Waals surface area contributed by atoms with Crippen molar-refractivity contribution in [3.8, 4) is 5.75 Å². The molecule has 2 atom stereocenters. The standard InChI is InChI=1S/C15H21NO3/c1-10(16)15(9-14(17)19-3)7-6-11-4-5-12(18-2)8-13(11)15/h4-5,8,10H,6-7,9,16H2,1-3H3. The number of aryl methyl sites for hydroxylation is 1. The SMILES string of the molecule is COC(=O)CC1(C(C)N)CCc2ccc(OC)cc21. The Morgan fingerprint density at radius 1 is 1.47 bits per heavy atom. The second-order valence-corrected chi connectivity index (χ2v) is 5.22. The third-order valence-corrected chi connectivity index (χ3v) is 4.25. The van der Waals surface area contributed by atoms with Crippen molar-refractivity contribution in [2.45, 2.75) is 37.6 Å². The number of carbonyl (C=O) groups is 1. The minimum atomic E-state index is -0.336. The number of rotatable bonds is 4. The van der Waals surface area contributed by atoms with E-state index in [1.807, 2.05) is 19.1 Å². The fourth-order valence-electron chi connectivity index (χ4n) is 3.00. The lowest BCUT2D eigenvalue weighted by atomic mass is 9.73. The van der Waals surface area contributed by atoms with E-state index >= 15 is 0 Å². The zero-order chi connectivity index (χ0) is 14.0. The molecule has 0 amide bonds. The van der Waals surface area contributed by atoms with Gasteiger partial charge >= 0.3 is 5.97 Å². The molecule has 0 fully saturated rings. The van der Waals surface area contributed by atoms with Crippen molar-refractivity contribution in [3.63, 3.8) is 0 Å². The highest BCUT2D eigenvalue weighted by molar-refractivity contribution is 5.72. The number of fused-ring (bicyclic) bond motifs is 1. The molecule has 0 radical (unpaired) electrons. The molecule has 104 valence electrons. The summed E-state index contributed by atoms with van der Waals surface area (Å²) in [7, 11) is 3.06. The molecule has 2 N–H and O–H groups in total. The van der Waals surface area contributed by atoms with Gasteiger partial charge in [-0.05, 0) is 43.0 Å². The van der Waals surface area contributed by atoms with Gasteiger partial charge in [-0.1, -0.05) is 6.07 Å². The maximum atomic E-state index is 11.7. The molecule has 0 aliphatic heterocycles. The molecule has 4 heteroatoms. The van der Waals surface area contributed by atoms with Gasteiger partial charge in [-0.2, -0.15) is 0 Å². The highest BCUT2D eigenvalue weighted by atomic mass is 16.5. The van der Waals surface area contributed by atoms with Crippen LogP contribution in [0, 0.1) is 0 Å². The molecular weight excluding hydrogens is 242 g/mol. The zero-order valence-corrected chi connectivity index (χ0v) is 11.7. The van der Waals surface area contributed by atoms with Crippen LogP contribution in [0.4, 0.5) is 0 Å². The maximum Gasteiger partial charge on any atom is 0.306 e. The fraction of sp³-hybridized carbons (Fsp3) is 0.533. The van der Waals surface area contributed by atoms with E-state index in [4.69, 9.17) is 15.2 Å². The lowest BCUT2D eigenvalue weighted by Gasteiger charge is -2.33. The number of hydrogen-bond donors (Lipinski definition) is 1. The summed E-state index contributed by atoms with van der Waals surface area (Å²) in [5.41, 5.74) is 8.24. The topological polar surface area (TPSA) is 61.5 Å². The van der Waals surface area contributed by atoms with Gasteiger partial charge in [-0.15, -0.1) is 0 Å². The Balaban J connectivity index is 2.46. The number of methoxy groups -OCH3 is 2. The Morgan fingerprint density at radius 2 is 2.21 bits per heavy atom. The van der Waals surface area contributed by atoms with E-state index in [1.54, 1.807) is 7.11 Å². The fourth-order valence-corrected chi connectivity index (χ4v) is 3.00. The van der Waals surface area contributed by atoms with Gasteiger partial charge in [0.05, 0.1) is 20.6 Å². The van der Waals surface area contributed by atoms with Crippen LogP contribution in [0.2, 0.25) is 0 Å². The molecular formula is C15H21NO3. The summed E-state index contributed by atoms with van der Waals surface area (Å²) in [6, 6.07) is 5.92. The van der Waals surface area contributed by atoms with Crippen LogP contribution in [0.25, 0.3) is 0 Å². The molecule has 1 aromatic rings. The van der Waals surface area contributed by atoms with Crippen molar-refractivity contribution in [1.82, 2.24) is 0 Å². The Bertz CT molecular complexity index is 484. The van der Waals surface area contributed by atoms with Crippen LogP contribution in [0.5, 0.6) is 5.75 Å². The molecule has 2 rings (SSSR count). The van der Waals surface area contributed by atoms with Gasteiger partial charge in [-0.3, -0.25) is 4.79 Å². The predicted molar refractivity (Wildman–Crippen MR) is 73.3 cm³/mol. The second-order valence-electron chi connectivity index (χ2n) is 5.22. The van der Waals surface area contributed by atoms with Gasteiger partial charge in [0.15, 0.2) is 0 Å². The zero-order valence-electron chi connectivity index (χ0n) is 11.7. The highest BCUT2D eigenvalue weighted by Crippen LogP contribution is 2.45. The molecule has 1 aliphatic carbocycles. The summed E-state index contributed by atoms with van der Waals surface area (Å²) >= 11 is 0. The summed E-state index contributed by atoms with van der Waals surface area (Å²) in [5.74, 6) is 0.587. The first-order chi connectivity index (χ1) is 9.03. The molecule has 0 bridgehead atoms. The maximum absolute atomic E-state index is 11.7. The molecule has 2 unspecified atom stereocenters. The number of carbonyl (C=O) groups excluding carboxylic acids is 1. The monoisotopic (exact) mass is 263 g/mol. The first-order valence-electron chi connectivity index (χ1n) is 6.53. The second kappa shape index (κ2) is 5.21. The Labute approximate surface area is 113 Å². The molecule has 0 heterocycles. The molecule has 0 spiro atoms. The Hall–Kier alpha value is -1.55. The Kier molecular flexibility index (Phi) is 3.80. The number of nitrogens with two attached hydrogens (primary N) is 1. The number of hydrogen-bond acceptors (Lipinski definition) is 4. The normalized spacial score (nSPS) is 22.7. The van der Waals surface area contributed by atoms with Crippen molar-refractivity contribution < 1.29 is 14.3 Å². The van der Waals surface area contributed by atoms with Crippen LogP contribution in [0.1, 0.15) is 30.9 Å². The van der Waals surface area contributed by atoms with E-state index in [0.29, 0.717) is 6.42 Å². The summed E-state index contributed by atoms with van der Waals surface area (Å²) < 4.78 is 10.1. The molecule has 1 aliphatic rings. The number of esters is 1. The largest absolute Gasteiger partial charge is 0.497 e. The molecule has 0 saturated heterocycles. The van der Waals surface area contributed by atoms with Gasteiger partial charge in [0, 0.05) is 11.5 Å². The van der Waals surface area contributed by atoms with Crippen molar-refractivity contribution in [3.05, 3.63) is 29.3 Å². The Morgan fingerprint density at radius 3 is 2.79 bits per heavy atom. The minimum absolute atomic E-state index is 0.111. The van der Waals surface area contributed by atoms with Crippen LogP contribution in [0.15, 0.2) is 18.2 Å². The smallest absolute Gasteiger partial charge is 0.306 e. The average Bonchev–Trinajstić information content (AvgIpc) is 2.78. The van der Waals surface area contributed by atoms with Gasteiger partial charge < -0.3 is 15.2 Å². The van der Waals surface area contributed by atoms with E-state index in [2.05, 4.69) is 6.07 Å². The summed E-state index contributed by atoms with van der Waals surface area (Å²) in [4.78, 5) is 11.7. The quantitative estimate of drug-likeness (QED) is 0.841. The van der Waals surface area contributed by atoms with E-state index in [-0.39, 0.29) is 17.4 Å². The van der Waals surface area contributed by atoms with E-state index < -0.39 is 0 Å². The van der Waals surface area contributed by atoms with E-state index in [9.17, 15) is 4.79 Å². The van der Waals surface area contributed by atoms with Crippen LogP contribution < -0.4 is 10.5 Å². The lowest BCUT2D eigenvalue weighted by Crippen LogP contribution is -2.43. The molecule has 0 aromatic heterocycles. The number of ether oxygens (including phenoxy) is 2. The highest BCUT2D eigenvalue weighted by Gasteiger charge is 2.44. The van der Waals surface area contributed by atoms with Gasteiger partial charge in [0.2, 0.25) is 0 Å². The van der Waals surface area contributed by atoms with Gasteiger partial charge in [-0.25, -0.2) is 0 Å². The average molecular weight is 263 g/mol. The van der Waals surface area contributed by atoms with Crippen LogP contribution in [0.3, 0.4) is 0 Å². The molecule has 1 aromatic carbocycles. The summed E-state index contributed by atoms with van der Waals surface area (Å²) in [6.45, 7) is 1.96. The lowest BCUT2D eigenvalue weighted by molar-refractivity contribution is -0.142. The first kappa shape index (κ1) is 13.9. The predicted octanol–water partition coefficient (Wildman–Crippen LogP) is 1.79. The van der Waals surface area contributed by atoms with Crippen LogP contribution in [-0.4, -0.2) is 26.2 Å². The molecule has 19 heavy (non-hydrogen) atoms. The third-order valence-electron chi connectivity index (χ3n) is 4.25. The summed E-state index contributed by atoms with van der Waals surface area (Å²) in [6.07, 6.45) is 2.14. The van der Waals surface area contributed by atoms with Crippen molar-refractivity contribution >= 4 is 5.97 Å². The van der Waals surface area contributed by atoms with E-state index in [1.165, 1.54) is 12.7 Å². The summed E-state index contributed by atoms with van der Waals surface area (Å²) in [5, 5.41) is 0. The molecule has 0 saturated carbocycles. The van der Waals surface area contributed by atoms with Gasteiger partial charge in [0.1, 0.15) is 5.75 Å². The van der Waals surface area contributed by atoms with E-state index in [0.717, 1.165) is 24.2 Å². The minimum Gasteiger partial charge on any atom is -0.497 e. The molecule has 4 nitrogen and oxygen atoms in total.